The SMILES string of the molecule is C[C@@H](O)c1ccc(N(CCO)CC(F)(F)F)cc1Br. The van der Waals surface area contributed by atoms with Gasteiger partial charge >= 0.3 is 6.18 Å². The molecule has 0 saturated heterocycles. The second kappa shape index (κ2) is 6.58. The summed E-state index contributed by atoms with van der Waals surface area (Å²) in [4.78, 5) is 1.04. The smallest absolute Gasteiger partial charge is 0.395 e. The number of nitrogens with zero attached hydrogens (tertiary/aromatic N) is 1. The van der Waals surface area contributed by atoms with E-state index in [1.54, 1.807) is 13.0 Å². The maximum atomic E-state index is 12.4. The number of alkyl halides is 3. The quantitative estimate of drug-likeness (QED) is 0.865. The fourth-order valence-electron chi connectivity index (χ4n) is 1.69. The zero-order valence-electron chi connectivity index (χ0n) is 10.3. The first-order chi connectivity index (χ1) is 8.74. The minimum Gasteiger partial charge on any atom is -0.395 e. The van der Waals surface area contributed by atoms with Gasteiger partial charge in [0.2, 0.25) is 0 Å². The van der Waals surface area contributed by atoms with Gasteiger partial charge in [0.05, 0.1) is 12.7 Å². The fourth-order valence-corrected chi connectivity index (χ4v) is 2.39. The van der Waals surface area contributed by atoms with Crippen LogP contribution in [0.4, 0.5) is 18.9 Å². The van der Waals surface area contributed by atoms with Gasteiger partial charge in [-0.3, -0.25) is 0 Å². The summed E-state index contributed by atoms with van der Waals surface area (Å²) in [6.45, 7) is -0.0408. The van der Waals surface area contributed by atoms with E-state index in [9.17, 15) is 18.3 Å². The van der Waals surface area contributed by atoms with Crippen molar-refractivity contribution in [1.29, 1.82) is 0 Å². The molecule has 0 radical (unpaired) electrons. The molecule has 0 heterocycles. The van der Waals surface area contributed by atoms with Crippen LogP contribution in [0.5, 0.6) is 0 Å². The van der Waals surface area contributed by atoms with Crippen molar-refractivity contribution in [2.45, 2.75) is 19.2 Å². The summed E-state index contributed by atoms with van der Waals surface area (Å²) in [5.41, 5.74) is 0.933. The van der Waals surface area contributed by atoms with E-state index in [0.29, 0.717) is 15.7 Å². The molecule has 0 saturated carbocycles. The molecule has 0 fully saturated rings. The van der Waals surface area contributed by atoms with Crippen molar-refractivity contribution in [3.05, 3.63) is 28.2 Å². The lowest BCUT2D eigenvalue weighted by Gasteiger charge is -2.26. The van der Waals surface area contributed by atoms with Crippen LogP contribution in [0.25, 0.3) is 0 Å². The highest BCUT2D eigenvalue weighted by Crippen LogP contribution is 2.29. The Balaban J connectivity index is 3.00. The van der Waals surface area contributed by atoms with Crippen molar-refractivity contribution in [3.63, 3.8) is 0 Å². The molecule has 0 bridgehead atoms. The van der Waals surface area contributed by atoms with E-state index in [1.807, 2.05) is 0 Å². The van der Waals surface area contributed by atoms with E-state index in [-0.39, 0.29) is 13.2 Å². The third-order valence-corrected chi connectivity index (χ3v) is 3.23. The molecule has 0 aliphatic heterocycles. The molecule has 7 heteroatoms. The Hall–Kier alpha value is -0.790. The Kier molecular flexibility index (Phi) is 5.64. The third kappa shape index (κ3) is 5.00. The highest BCUT2D eigenvalue weighted by molar-refractivity contribution is 9.10. The van der Waals surface area contributed by atoms with Crippen LogP contribution < -0.4 is 4.90 Å². The van der Waals surface area contributed by atoms with Gasteiger partial charge in [-0.2, -0.15) is 13.2 Å². The Morgan fingerprint density at radius 1 is 1.37 bits per heavy atom. The number of aliphatic hydroxyl groups is 2. The van der Waals surface area contributed by atoms with Crippen LogP contribution in [-0.2, 0) is 0 Å². The van der Waals surface area contributed by atoms with Crippen molar-refractivity contribution in [1.82, 2.24) is 0 Å². The number of benzene rings is 1. The molecule has 1 rings (SSSR count). The summed E-state index contributed by atoms with van der Waals surface area (Å²) in [5, 5.41) is 18.3. The van der Waals surface area contributed by atoms with E-state index in [4.69, 9.17) is 5.11 Å². The second-order valence-corrected chi connectivity index (χ2v) is 5.00. The number of rotatable bonds is 5. The van der Waals surface area contributed by atoms with Crippen LogP contribution >= 0.6 is 15.9 Å². The molecule has 1 aromatic rings. The van der Waals surface area contributed by atoms with Gasteiger partial charge in [0.25, 0.3) is 0 Å². The van der Waals surface area contributed by atoms with E-state index in [0.717, 1.165) is 4.90 Å². The number of anilines is 1. The van der Waals surface area contributed by atoms with Gasteiger partial charge in [0.1, 0.15) is 6.54 Å². The van der Waals surface area contributed by atoms with Crippen molar-refractivity contribution >= 4 is 21.6 Å². The maximum Gasteiger partial charge on any atom is 0.405 e. The lowest BCUT2D eigenvalue weighted by atomic mass is 10.1. The second-order valence-electron chi connectivity index (χ2n) is 4.14. The van der Waals surface area contributed by atoms with E-state index in [2.05, 4.69) is 15.9 Å². The van der Waals surface area contributed by atoms with E-state index < -0.39 is 18.8 Å². The monoisotopic (exact) mass is 341 g/mol. The molecule has 108 valence electrons. The molecule has 0 aliphatic rings. The van der Waals surface area contributed by atoms with Gasteiger partial charge in [0, 0.05) is 16.7 Å². The third-order valence-electron chi connectivity index (χ3n) is 2.54. The molecule has 0 aliphatic carbocycles. The van der Waals surface area contributed by atoms with Crippen LogP contribution in [-0.4, -0.2) is 36.1 Å². The predicted octanol–water partition coefficient (Wildman–Crippen LogP) is 2.86. The normalized spacial score (nSPS) is 13.4. The molecule has 0 spiro atoms. The standard InChI is InChI=1S/C12H15BrF3NO2/c1-8(19)10-3-2-9(6-11(10)13)17(4-5-18)7-12(14,15)16/h2-3,6,8,18-19H,4-5,7H2,1H3/t8-/m1/s1. The van der Waals surface area contributed by atoms with Gasteiger partial charge in [-0.05, 0) is 24.6 Å². The van der Waals surface area contributed by atoms with E-state index in [1.165, 1.54) is 12.1 Å². The number of hydrogen-bond donors (Lipinski definition) is 2. The minimum atomic E-state index is -4.34. The first-order valence-corrected chi connectivity index (χ1v) is 6.44. The van der Waals surface area contributed by atoms with E-state index >= 15 is 0 Å². The van der Waals surface area contributed by atoms with Crippen LogP contribution in [0, 0.1) is 0 Å². The van der Waals surface area contributed by atoms with Crippen molar-refractivity contribution in [2.24, 2.45) is 0 Å². The molecular weight excluding hydrogens is 327 g/mol. The van der Waals surface area contributed by atoms with Crippen LogP contribution in [0.1, 0.15) is 18.6 Å². The predicted molar refractivity (Wildman–Crippen MR) is 70.1 cm³/mol. The summed E-state index contributed by atoms with van der Waals surface area (Å²) in [5.74, 6) is 0. The number of hydrogen-bond acceptors (Lipinski definition) is 3. The molecule has 1 atom stereocenters. The molecule has 2 N–H and O–H groups in total. The van der Waals surface area contributed by atoms with Gasteiger partial charge in [0.15, 0.2) is 0 Å². The van der Waals surface area contributed by atoms with Gasteiger partial charge in [-0.1, -0.05) is 22.0 Å². The summed E-state index contributed by atoms with van der Waals surface area (Å²) < 4.78 is 37.9. The highest BCUT2D eigenvalue weighted by Gasteiger charge is 2.30. The van der Waals surface area contributed by atoms with Crippen LogP contribution in [0.3, 0.4) is 0 Å². The first kappa shape index (κ1) is 16.3. The molecule has 0 unspecified atom stereocenters. The van der Waals surface area contributed by atoms with Crippen molar-refractivity contribution in [3.8, 4) is 0 Å². The first-order valence-electron chi connectivity index (χ1n) is 5.64. The van der Waals surface area contributed by atoms with Crippen LogP contribution in [0.15, 0.2) is 22.7 Å². The summed E-state index contributed by atoms with van der Waals surface area (Å²) in [6, 6.07) is 4.56. The summed E-state index contributed by atoms with van der Waals surface area (Å²) >= 11 is 3.22. The molecule has 1 aromatic carbocycles. The van der Waals surface area contributed by atoms with Crippen LogP contribution in [0.2, 0.25) is 0 Å². The molecule has 3 nitrogen and oxygen atoms in total. The highest BCUT2D eigenvalue weighted by atomic mass is 79.9. The average Bonchev–Trinajstić information content (AvgIpc) is 2.26. The minimum absolute atomic E-state index is 0.111. The summed E-state index contributed by atoms with van der Waals surface area (Å²) in [6.07, 6.45) is -5.05. The van der Waals surface area contributed by atoms with Gasteiger partial charge in [-0.15, -0.1) is 0 Å². The zero-order valence-corrected chi connectivity index (χ0v) is 11.9. The number of aliphatic hydroxyl groups excluding tert-OH is 2. The fraction of sp³-hybridized carbons (Fsp3) is 0.500. The average molecular weight is 342 g/mol. The largest absolute Gasteiger partial charge is 0.405 e. The zero-order chi connectivity index (χ0) is 14.6. The molecule has 0 aromatic heterocycles. The van der Waals surface area contributed by atoms with Gasteiger partial charge in [-0.25, -0.2) is 0 Å². The molecular formula is C12H15BrF3NO2. The Labute approximate surface area is 117 Å². The lowest BCUT2D eigenvalue weighted by molar-refractivity contribution is -0.119. The maximum absolute atomic E-state index is 12.4. The van der Waals surface area contributed by atoms with Crippen molar-refractivity contribution in [2.75, 3.05) is 24.6 Å². The number of halogens is 4. The Morgan fingerprint density at radius 2 is 2.00 bits per heavy atom. The Morgan fingerprint density at radius 3 is 2.42 bits per heavy atom. The van der Waals surface area contributed by atoms with Crippen molar-refractivity contribution < 1.29 is 23.4 Å². The topological polar surface area (TPSA) is 43.7 Å². The lowest BCUT2D eigenvalue weighted by Crippen LogP contribution is -2.36. The summed E-state index contributed by atoms with van der Waals surface area (Å²) in [7, 11) is 0. The van der Waals surface area contributed by atoms with Gasteiger partial charge < -0.3 is 15.1 Å². The molecule has 19 heavy (non-hydrogen) atoms. The Bertz CT molecular complexity index is 424. The molecule has 0 amide bonds.